The number of allylic oxidation sites excluding steroid dienone is 4. The summed E-state index contributed by atoms with van der Waals surface area (Å²) in [5.74, 6) is 1.03. The molecule has 0 aromatic heterocycles. The van der Waals surface area contributed by atoms with E-state index in [1.165, 1.54) is 60.9 Å². The van der Waals surface area contributed by atoms with E-state index in [9.17, 15) is 0 Å². The summed E-state index contributed by atoms with van der Waals surface area (Å²) in [4.78, 5) is 0. The van der Waals surface area contributed by atoms with E-state index in [0.29, 0.717) is 0 Å². The number of aryl methyl sites for hydroxylation is 1. The fourth-order valence-corrected chi connectivity index (χ4v) is 9.92. The highest BCUT2D eigenvalue weighted by Crippen LogP contribution is 2.36. The van der Waals surface area contributed by atoms with E-state index in [-0.39, 0.29) is 0 Å². The molecular formula is C31H44OSi. The highest BCUT2D eigenvalue weighted by Gasteiger charge is 2.43. The van der Waals surface area contributed by atoms with Crippen LogP contribution in [0, 0.1) is 6.92 Å². The summed E-state index contributed by atoms with van der Waals surface area (Å²) < 4.78 is 6.24. The van der Waals surface area contributed by atoms with Gasteiger partial charge in [-0.3, -0.25) is 0 Å². The van der Waals surface area contributed by atoms with Gasteiger partial charge in [0.15, 0.2) is 0 Å². The van der Waals surface area contributed by atoms with Crippen LogP contribution in [0.2, 0.25) is 12.1 Å². The molecule has 1 aliphatic heterocycles. The molecule has 0 saturated heterocycles. The molecule has 2 heteroatoms. The summed E-state index contributed by atoms with van der Waals surface area (Å²) in [5, 5.41) is 3.20. The second-order valence-corrected chi connectivity index (χ2v) is 13.7. The lowest BCUT2D eigenvalue weighted by molar-refractivity contribution is 0.304. The zero-order valence-electron chi connectivity index (χ0n) is 21.5. The van der Waals surface area contributed by atoms with Gasteiger partial charge in [0.1, 0.15) is 13.8 Å². The van der Waals surface area contributed by atoms with E-state index in [4.69, 9.17) is 4.74 Å². The number of benzene rings is 2. The largest absolute Gasteiger partial charge is 0.494 e. The highest BCUT2D eigenvalue weighted by atomic mass is 28.3. The van der Waals surface area contributed by atoms with Crippen LogP contribution < -0.4 is 15.1 Å². The number of ether oxygens (including phenoxy) is 1. The molecule has 178 valence electrons. The van der Waals surface area contributed by atoms with Crippen LogP contribution in [-0.4, -0.2) is 14.7 Å². The third kappa shape index (κ3) is 6.29. The molecule has 0 aliphatic carbocycles. The normalized spacial score (nSPS) is 14.2. The molecule has 2 aromatic rings. The van der Waals surface area contributed by atoms with Crippen molar-refractivity contribution in [3.05, 3.63) is 66.3 Å². The molecule has 33 heavy (non-hydrogen) atoms. The van der Waals surface area contributed by atoms with Crippen molar-refractivity contribution >= 4 is 18.4 Å². The van der Waals surface area contributed by atoms with Crippen LogP contribution in [0.1, 0.15) is 77.7 Å². The predicted molar refractivity (Wildman–Crippen MR) is 149 cm³/mol. The maximum absolute atomic E-state index is 6.24. The van der Waals surface area contributed by atoms with Crippen molar-refractivity contribution in [2.75, 3.05) is 6.61 Å². The van der Waals surface area contributed by atoms with Gasteiger partial charge in [-0.25, -0.2) is 0 Å². The SMILES string of the molecule is CC/C=C\C[Si]1(C/C=C\CC)c2ccc(C)cc2-c2cc(OCCCCCCCC)ccc21. The number of unbranched alkanes of at least 4 members (excludes halogenated alkanes) is 5. The van der Waals surface area contributed by atoms with Crippen LogP contribution in [0.25, 0.3) is 11.1 Å². The van der Waals surface area contributed by atoms with Crippen LogP contribution in [0.3, 0.4) is 0 Å². The monoisotopic (exact) mass is 460 g/mol. The maximum Gasteiger partial charge on any atom is 0.127 e. The van der Waals surface area contributed by atoms with Crippen molar-refractivity contribution in [2.24, 2.45) is 0 Å². The maximum atomic E-state index is 6.24. The van der Waals surface area contributed by atoms with Crippen molar-refractivity contribution < 1.29 is 4.74 Å². The zero-order chi connectivity index (χ0) is 23.5. The van der Waals surface area contributed by atoms with Crippen LogP contribution in [-0.2, 0) is 0 Å². The van der Waals surface area contributed by atoms with Crippen LogP contribution in [0.15, 0.2) is 60.7 Å². The third-order valence-electron chi connectivity index (χ3n) is 6.99. The molecule has 0 fully saturated rings. The summed E-state index contributed by atoms with van der Waals surface area (Å²) in [5.41, 5.74) is 4.23. The van der Waals surface area contributed by atoms with Crippen LogP contribution in [0.4, 0.5) is 0 Å². The van der Waals surface area contributed by atoms with Gasteiger partial charge in [-0.15, -0.1) is 0 Å². The van der Waals surface area contributed by atoms with E-state index in [0.717, 1.165) is 31.6 Å². The topological polar surface area (TPSA) is 9.23 Å². The molecule has 1 aliphatic rings. The average molecular weight is 461 g/mol. The molecule has 0 unspecified atom stereocenters. The van der Waals surface area contributed by atoms with Crippen molar-refractivity contribution in [1.29, 1.82) is 0 Å². The Kier molecular flexibility index (Phi) is 10.1. The first-order chi connectivity index (χ1) is 16.2. The Bertz CT molecular complexity index is 924. The van der Waals surface area contributed by atoms with Crippen LogP contribution in [0.5, 0.6) is 5.75 Å². The van der Waals surface area contributed by atoms with Gasteiger partial charge in [0.25, 0.3) is 0 Å². The summed E-state index contributed by atoms with van der Waals surface area (Å²) >= 11 is 0. The molecule has 0 atom stereocenters. The first-order valence-electron chi connectivity index (χ1n) is 13.3. The minimum atomic E-state index is -1.88. The van der Waals surface area contributed by atoms with E-state index in [2.05, 4.69) is 88.4 Å². The van der Waals surface area contributed by atoms with Crippen LogP contribution >= 0.6 is 0 Å². The van der Waals surface area contributed by atoms with Crippen molar-refractivity contribution in [1.82, 2.24) is 0 Å². The zero-order valence-corrected chi connectivity index (χ0v) is 22.5. The number of fused-ring (bicyclic) bond motifs is 3. The number of hydrogen-bond acceptors (Lipinski definition) is 1. The fourth-order valence-electron chi connectivity index (χ4n) is 5.19. The quantitative estimate of drug-likeness (QED) is 0.157. The lowest BCUT2D eigenvalue weighted by Crippen LogP contribution is -2.54. The molecule has 0 spiro atoms. The molecule has 1 heterocycles. The Labute approximate surface area is 204 Å². The molecule has 0 radical (unpaired) electrons. The number of rotatable bonds is 14. The molecule has 1 nitrogen and oxygen atoms in total. The smallest absolute Gasteiger partial charge is 0.127 e. The highest BCUT2D eigenvalue weighted by molar-refractivity contribution is 7.06. The minimum absolute atomic E-state index is 0.826. The second-order valence-electron chi connectivity index (χ2n) is 9.62. The van der Waals surface area contributed by atoms with Crippen molar-refractivity contribution in [3.8, 4) is 16.9 Å². The Hall–Kier alpha value is -2.06. The Balaban J connectivity index is 1.88. The number of hydrogen-bond donors (Lipinski definition) is 0. The second kappa shape index (κ2) is 13.0. The first kappa shape index (κ1) is 25.6. The van der Waals surface area contributed by atoms with E-state index in [1.807, 2.05) is 0 Å². The summed E-state index contributed by atoms with van der Waals surface area (Å²) in [7, 11) is -1.88. The van der Waals surface area contributed by atoms with Crippen molar-refractivity contribution in [3.63, 3.8) is 0 Å². The Morgan fingerprint density at radius 3 is 1.97 bits per heavy atom. The lowest BCUT2D eigenvalue weighted by atomic mass is 10.0. The molecule has 2 aromatic carbocycles. The molecule has 0 bridgehead atoms. The van der Waals surface area contributed by atoms with E-state index >= 15 is 0 Å². The van der Waals surface area contributed by atoms with Gasteiger partial charge in [-0.1, -0.05) is 107 Å². The van der Waals surface area contributed by atoms with E-state index < -0.39 is 8.07 Å². The van der Waals surface area contributed by atoms with Gasteiger partial charge in [-0.05, 0) is 71.9 Å². The standard InChI is InChI=1S/C31H44OSi/c1-5-8-11-12-13-14-21-32-27-18-20-31-29(25-27)28-24-26(4)17-19-30(28)33(31,22-15-9-6-2)23-16-10-7-3/h9-10,15-20,24-25H,5-8,11-14,21-23H2,1-4H3/b15-9-,16-10-. The van der Waals surface area contributed by atoms with Crippen molar-refractivity contribution in [2.45, 2.75) is 91.1 Å². The molecule has 3 rings (SSSR count). The fraction of sp³-hybridized carbons (Fsp3) is 0.484. The van der Waals surface area contributed by atoms with Gasteiger partial charge in [0.05, 0.1) is 6.61 Å². The van der Waals surface area contributed by atoms with Gasteiger partial charge in [-0.2, -0.15) is 0 Å². The van der Waals surface area contributed by atoms with E-state index in [1.54, 1.807) is 10.4 Å². The minimum Gasteiger partial charge on any atom is -0.494 e. The van der Waals surface area contributed by atoms with Gasteiger partial charge in [0, 0.05) is 0 Å². The Morgan fingerprint density at radius 2 is 1.30 bits per heavy atom. The predicted octanol–water partition coefficient (Wildman–Crippen LogP) is 8.21. The molecule has 0 N–H and O–H groups in total. The molecule has 0 saturated carbocycles. The third-order valence-corrected chi connectivity index (χ3v) is 11.8. The van der Waals surface area contributed by atoms with Gasteiger partial charge < -0.3 is 4.74 Å². The summed E-state index contributed by atoms with van der Waals surface area (Å²) in [6.45, 7) is 9.78. The molecule has 0 amide bonds. The molecular weight excluding hydrogens is 416 g/mol. The lowest BCUT2D eigenvalue weighted by Gasteiger charge is -2.28. The summed E-state index contributed by atoms with van der Waals surface area (Å²) in [6.07, 6.45) is 19.6. The Morgan fingerprint density at radius 1 is 0.697 bits per heavy atom. The summed E-state index contributed by atoms with van der Waals surface area (Å²) in [6, 6.07) is 16.5. The average Bonchev–Trinajstić information content (AvgIpc) is 3.07. The first-order valence-corrected chi connectivity index (χ1v) is 15.8. The van der Waals surface area contributed by atoms with Gasteiger partial charge in [0.2, 0.25) is 0 Å². The van der Waals surface area contributed by atoms with Gasteiger partial charge >= 0.3 is 0 Å².